The molecule has 1 aromatic rings. The van der Waals surface area contributed by atoms with E-state index in [0.717, 1.165) is 0 Å². The molecule has 76 valence electrons. The van der Waals surface area contributed by atoms with E-state index in [1.165, 1.54) is 18.2 Å². The third-order valence-electron chi connectivity index (χ3n) is 1.78. The van der Waals surface area contributed by atoms with Crippen LogP contribution in [0.15, 0.2) is 29.7 Å². The monoisotopic (exact) mass is 232 g/mol. The Kier molecular flexibility index (Phi) is 3.31. The molecule has 0 spiro atoms. The van der Waals surface area contributed by atoms with Crippen LogP contribution in [0.25, 0.3) is 6.08 Å². The Hall–Kier alpha value is -0.840. The summed E-state index contributed by atoms with van der Waals surface area (Å²) in [7, 11) is -4.21. The zero-order valence-corrected chi connectivity index (χ0v) is 8.85. The summed E-state index contributed by atoms with van der Waals surface area (Å²) in [6, 6.07) is 4.51. The smallest absolute Gasteiger partial charge is 0.282 e. The van der Waals surface area contributed by atoms with Crippen LogP contribution >= 0.6 is 11.6 Å². The molecule has 1 aromatic carbocycles. The molecule has 0 aliphatic rings. The van der Waals surface area contributed by atoms with Gasteiger partial charge in [0, 0.05) is 5.88 Å². The van der Waals surface area contributed by atoms with Crippen LogP contribution in [0.1, 0.15) is 11.1 Å². The maximum absolute atomic E-state index is 10.9. The largest absolute Gasteiger partial charge is 0.295 e. The van der Waals surface area contributed by atoms with Gasteiger partial charge in [-0.1, -0.05) is 24.8 Å². The third kappa shape index (κ3) is 2.15. The molecule has 0 heterocycles. The Labute approximate surface area is 87.8 Å². The first-order valence-corrected chi connectivity index (χ1v) is 5.76. The lowest BCUT2D eigenvalue weighted by Crippen LogP contribution is -2.02. The fourth-order valence-electron chi connectivity index (χ4n) is 1.16. The Morgan fingerprint density at radius 1 is 1.50 bits per heavy atom. The fourth-order valence-corrected chi connectivity index (χ4v) is 2.14. The molecule has 1 N–H and O–H groups in total. The van der Waals surface area contributed by atoms with Gasteiger partial charge in [-0.15, -0.1) is 11.6 Å². The van der Waals surface area contributed by atoms with Gasteiger partial charge in [0.15, 0.2) is 0 Å². The number of benzene rings is 1. The molecule has 14 heavy (non-hydrogen) atoms. The van der Waals surface area contributed by atoms with Gasteiger partial charge in [0.05, 0.1) is 0 Å². The topological polar surface area (TPSA) is 54.4 Å². The predicted octanol–water partition coefficient (Wildman–Crippen LogP) is 2.32. The number of hydrogen-bond acceptors (Lipinski definition) is 2. The van der Waals surface area contributed by atoms with Crippen molar-refractivity contribution in [1.82, 2.24) is 0 Å². The molecule has 3 nitrogen and oxygen atoms in total. The average Bonchev–Trinajstić information content (AvgIpc) is 2.15. The first-order valence-electron chi connectivity index (χ1n) is 3.78. The lowest BCUT2D eigenvalue weighted by molar-refractivity contribution is 0.483. The Bertz CT molecular complexity index is 451. The molecule has 5 heteroatoms. The maximum atomic E-state index is 10.9. The van der Waals surface area contributed by atoms with Gasteiger partial charge in [-0.2, -0.15) is 8.42 Å². The summed E-state index contributed by atoms with van der Waals surface area (Å²) in [5, 5.41) is 0. The zero-order valence-electron chi connectivity index (χ0n) is 7.27. The van der Waals surface area contributed by atoms with Crippen molar-refractivity contribution in [2.75, 3.05) is 0 Å². The molecule has 0 bridgehead atoms. The molecule has 1 rings (SSSR count). The number of alkyl halides is 1. The average molecular weight is 233 g/mol. The highest BCUT2D eigenvalue weighted by molar-refractivity contribution is 7.85. The van der Waals surface area contributed by atoms with Crippen LogP contribution in [0.4, 0.5) is 0 Å². The third-order valence-corrected chi connectivity index (χ3v) is 2.98. The Morgan fingerprint density at radius 3 is 2.57 bits per heavy atom. The van der Waals surface area contributed by atoms with Gasteiger partial charge in [0.1, 0.15) is 4.90 Å². The van der Waals surface area contributed by atoms with Gasteiger partial charge in [-0.05, 0) is 17.2 Å². The summed E-state index contributed by atoms with van der Waals surface area (Å²) in [6.45, 7) is 3.48. The SMILES string of the molecule is C=Cc1c(CCl)cccc1S(=O)(=O)O. The van der Waals surface area contributed by atoms with E-state index >= 15 is 0 Å². The molecule has 0 amide bonds. The number of hydrogen-bond donors (Lipinski definition) is 1. The second-order valence-electron chi connectivity index (χ2n) is 2.64. The van der Waals surface area contributed by atoms with Gasteiger partial charge in [0.2, 0.25) is 0 Å². The molecule has 0 fully saturated rings. The molecular formula is C9H9ClO3S. The Morgan fingerprint density at radius 2 is 2.14 bits per heavy atom. The zero-order chi connectivity index (χ0) is 10.8. The first kappa shape index (κ1) is 11.2. The van der Waals surface area contributed by atoms with Gasteiger partial charge >= 0.3 is 0 Å². The van der Waals surface area contributed by atoms with Crippen molar-refractivity contribution in [3.8, 4) is 0 Å². The van der Waals surface area contributed by atoms with Crippen molar-refractivity contribution in [2.45, 2.75) is 10.8 Å². The van der Waals surface area contributed by atoms with Crippen molar-refractivity contribution in [3.63, 3.8) is 0 Å². The van der Waals surface area contributed by atoms with Crippen LogP contribution in [0, 0.1) is 0 Å². The molecule has 0 unspecified atom stereocenters. The van der Waals surface area contributed by atoms with Crippen LogP contribution in [0.2, 0.25) is 0 Å². The highest BCUT2D eigenvalue weighted by atomic mass is 35.5. The van der Waals surface area contributed by atoms with E-state index in [-0.39, 0.29) is 10.8 Å². The minimum absolute atomic E-state index is 0.161. The van der Waals surface area contributed by atoms with E-state index in [1.54, 1.807) is 6.07 Å². The number of halogens is 1. The summed E-state index contributed by atoms with van der Waals surface area (Å²) in [5.74, 6) is 0.171. The summed E-state index contributed by atoms with van der Waals surface area (Å²) < 4.78 is 30.8. The molecule has 0 saturated carbocycles. The quantitative estimate of drug-likeness (QED) is 0.643. The van der Waals surface area contributed by atoms with Crippen LogP contribution in [0.5, 0.6) is 0 Å². The van der Waals surface area contributed by atoms with Crippen molar-refractivity contribution in [3.05, 3.63) is 35.9 Å². The molecule has 0 aliphatic carbocycles. The molecule has 0 atom stereocenters. The minimum atomic E-state index is -4.21. The van der Waals surface area contributed by atoms with Crippen molar-refractivity contribution in [2.24, 2.45) is 0 Å². The lowest BCUT2D eigenvalue weighted by atomic mass is 10.1. The van der Waals surface area contributed by atoms with E-state index in [0.29, 0.717) is 11.1 Å². The van der Waals surface area contributed by atoms with E-state index in [9.17, 15) is 8.42 Å². The van der Waals surface area contributed by atoms with Crippen molar-refractivity contribution in [1.29, 1.82) is 0 Å². The highest BCUT2D eigenvalue weighted by Crippen LogP contribution is 2.22. The standard InChI is InChI=1S/C9H9ClO3S/c1-2-8-7(6-10)4-3-5-9(8)14(11,12)13/h2-5H,1,6H2,(H,11,12,13). The van der Waals surface area contributed by atoms with E-state index < -0.39 is 10.1 Å². The van der Waals surface area contributed by atoms with Crippen LogP contribution in [0.3, 0.4) is 0 Å². The van der Waals surface area contributed by atoms with Crippen LogP contribution in [-0.2, 0) is 16.0 Å². The van der Waals surface area contributed by atoms with Crippen molar-refractivity contribution >= 4 is 27.8 Å². The van der Waals surface area contributed by atoms with Gasteiger partial charge in [-0.25, -0.2) is 0 Å². The number of rotatable bonds is 3. The van der Waals surface area contributed by atoms with Crippen LogP contribution in [-0.4, -0.2) is 13.0 Å². The minimum Gasteiger partial charge on any atom is -0.282 e. The van der Waals surface area contributed by atoms with E-state index in [4.69, 9.17) is 16.2 Å². The molecule has 0 saturated heterocycles. The van der Waals surface area contributed by atoms with Gasteiger partial charge < -0.3 is 0 Å². The second kappa shape index (κ2) is 4.13. The summed E-state index contributed by atoms with van der Waals surface area (Å²) in [5.41, 5.74) is 0.974. The first-order chi connectivity index (χ1) is 6.50. The molecule has 0 aliphatic heterocycles. The highest BCUT2D eigenvalue weighted by Gasteiger charge is 2.15. The molecule has 0 aromatic heterocycles. The molecule has 0 radical (unpaired) electrons. The fraction of sp³-hybridized carbons (Fsp3) is 0.111. The summed E-state index contributed by atoms with van der Waals surface area (Å²) in [4.78, 5) is -0.161. The lowest BCUT2D eigenvalue weighted by Gasteiger charge is -2.06. The van der Waals surface area contributed by atoms with Crippen LogP contribution < -0.4 is 0 Å². The van der Waals surface area contributed by atoms with Crippen molar-refractivity contribution < 1.29 is 13.0 Å². The van der Waals surface area contributed by atoms with E-state index in [1.807, 2.05) is 0 Å². The predicted molar refractivity (Wildman–Crippen MR) is 55.9 cm³/mol. The molecular weight excluding hydrogens is 224 g/mol. The summed E-state index contributed by atoms with van der Waals surface area (Å²) >= 11 is 5.61. The Balaban J connectivity index is 3.53. The summed E-state index contributed by atoms with van der Waals surface area (Å²) in [6.07, 6.45) is 1.36. The normalized spacial score (nSPS) is 11.3. The second-order valence-corrected chi connectivity index (χ2v) is 4.30. The van der Waals surface area contributed by atoms with Gasteiger partial charge in [0.25, 0.3) is 10.1 Å². The van der Waals surface area contributed by atoms with Gasteiger partial charge in [-0.3, -0.25) is 4.55 Å². The van der Waals surface area contributed by atoms with E-state index in [2.05, 4.69) is 6.58 Å². The maximum Gasteiger partial charge on any atom is 0.295 e.